The van der Waals surface area contributed by atoms with Crippen LogP contribution in [0.5, 0.6) is 0 Å². The Morgan fingerprint density at radius 3 is 1.55 bits per heavy atom. The molecule has 5 nitrogen and oxygen atoms in total. The van der Waals surface area contributed by atoms with E-state index in [1.807, 2.05) is 38.1 Å². The van der Waals surface area contributed by atoms with Crippen LogP contribution >= 0.6 is 0 Å². The van der Waals surface area contributed by atoms with Gasteiger partial charge in [-0.1, -0.05) is 196 Å². The second kappa shape index (κ2) is 15.5. The molecule has 0 aliphatic rings. The third-order valence-electron chi connectivity index (χ3n) is 11.7. The molecule has 5 heteroatoms. The molecule has 0 N–H and O–H groups in total. The molecule has 294 valence electrons. The first-order valence-corrected chi connectivity index (χ1v) is 21.2. The predicted octanol–water partition coefficient (Wildman–Crippen LogP) is 15.4. The Labute approximate surface area is 359 Å². The van der Waals surface area contributed by atoms with Crippen molar-refractivity contribution < 1.29 is 4.42 Å². The average Bonchev–Trinajstić information content (AvgIpc) is 3.91. The number of fused-ring (bicyclic) bond motifs is 8. The molecule has 0 saturated heterocycles. The molecule has 0 unspecified atom stereocenters. The number of hydrogen-bond donors (Lipinski definition) is 0. The summed E-state index contributed by atoms with van der Waals surface area (Å²) in [5.74, 6) is 1.74. The van der Waals surface area contributed by atoms with Gasteiger partial charge in [-0.2, -0.15) is 9.97 Å². The highest BCUT2D eigenvalue weighted by atomic mass is 16.3. The van der Waals surface area contributed by atoms with Gasteiger partial charge in [-0.15, -0.1) is 0 Å². The molecule has 3 aromatic heterocycles. The van der Waals surface area contributed by atoms with Crippen LogP contribution in [0.3, 0.4) is 0 Å². The molecule has 12 rings (SSSR count). The minimum atomic E-state index is 0.548. The number of benzene rings is 9. The van der Waals surface area contributed by atoms with Gasteiger partial charge in [-0.05, 0) is 62.9 Å². The third kappa shape index (κ3) is 6.30. The van der Waals surface area contributed by atoms with E-state index in [4.69, 9.17) is 19.4 Å². The molecular formula is C57H40N4O. The van der Waals surface area contributed by atoms with Crippen molar-refractivity contribution in [2.45, 2.75) is 13.8 Å². The Hall–Kier alpha value is -8.15. The summed E-state index contributed by atoms with van der Waals surface area (Å²) in [5, 5.41) is 6.80. The average molecular weight is 797 g/mol. The fourth-order valence-corrected chi connectivity index (χ4v) is 8.78. The third-order valence-corrected chi connectivity index (χ3v) is 11.7. The lowest BCUT2D eigenvalue weighted by molar-refractivity contribution is 0.669. The normalized spacial score (nSPS) is 11.4. The first kappa shape index (κ1) is 36.9. The van der Waals surface area contributed by atoms with Crippen LogP contribution in [-0.2, 0) is 0 Å². The monoisotopic (exact) mass is 796 g/mol. The Bertz CT molecular complexity index is 3470. The number of para-hydroxylation sites is 2. The number of aromatic nitrogens is 4. The highest BCUT2D eigenvalue weighted by Gasteiger charge is 2.22. The van der Waals surface area contributed by atoms with E-state index in [1.165, 1.54) is 10.8 Å². The van der Waals surface area contributed by atoms with Crippen LogP contribution in [0.1, 0.15) is 13.8 Å². The number of hydrogen-bond acceptors (Lipinski definition) is 4. The molecule has 0 amide bonds. The number of furan rings is 1. The minimum Gasteiger partial charge on any atom is -0.456 e. The summed E-state index contributed by atoms with van der Waals surface area (Å²) in [6.07, 6.45) is 0. The summed E-state index contributed by atoms with van der Waals surface area (Å²) < 4.78 is 8.51. The van der Waals surface area contributed by atoms with Gasteiger partial charge < -0.3 is 4.42 Å². The molecule has 0 aliphatic carbocycles. The summed E-state index contributed by atoms with van der Waals surface area (Å²) in [4.78, 5) is 15.9. The maximum atomic E-state index is 6.26. The van der Waals surface area contributed by atoms with Gasteiger partial charge in [-0.25, -0.2) is 4.98 Å². The smallest absolute Gasteiger partial charge is 0.238 e. The van der Waals surface area contributed by atoms with Crippen molar-refractivity contribution in [2.24, 2.45) is 0 Å². The Kier molecular flexibility index (Phi) is 9.20. The highest BCUT2D eigenvalue weighted by Crippen LogP contribution is 2.42. The zero-order chi connectivity index (χ0) is 41.6. The van der Waals surface area contributed by atoms with Gasteiger partial charge >= 0.3 is 0 Å². The summed E-state index contributed by atoms with van der Waals surface area (Å²) in [6.45, 7) is 4.00. The van der Waals surface area contributed by atoms with Gasteiger partial charge in [0.2, 0.25) is 5.95 Å². The molecule has 0 bridgehead atoms. The second-order valence-electron chi connectivity index (χ2n) is 15.2. The quantitative estimate of drug-likeness (QED) is 0.168. The molecule has 0 spiro atoms. The lowest BCUT2D eigenvalue weighted by atomic mass is 9.98. The Morgan fingerprint density at radius 2 is 0.887 bits per heavy atom. The molecular weight excluding hydrogens is 757 g/mol. The molecule has 9 aromatic carbocycles. The zero-order valence-electron chi connectivity index (χ0n) is 34.3. The van der Waals surface area contributed by atoms with Crippen molar-refractivity contribution in [3.63, 3.8) is 0 Å². The van der Waals surface area contributed by atoms with Crippen molar-refractivity contribution >= 4 is 54.5 Å². The van der Waals surface area contributed by atoms with Crippen LogP contribution in [0.15, 0.2) is 211 Å². The highest BCUT2D eigenvalue weighted by molar-refractivity contribution is 6.23. The molecule has 0 aliphatic heterocycles. The van der Waals surface area contributed by atoms with Crippen molar-refractivity contribution in [2.75, 3.05) is 0 Å². The second-order valence-corrected chi connectivity index (χ2v) is 15.2. The Balaban J connectivity index is 0.00000213. The molecule has 0 atom stereocenters. The number of rotatable bonds is 6. The zero-order valence-corrected chi connectivity index (χ0v) is 34.3. The van der Waals surface area contributed by atoms with E-state index in [0.29, 0.717) is 17.6 Å². The van der Waals surface area contributed by atoms with Crippen molar-refractivity contribution in [1.29, 1.82) is 0 Å². The fourth-order valence-electron chi connectivity index (χ4n) is 8.78. The van der Waals surface area contributed by atoms with Gasteiger partial charge in [0.25, 0.3) is 0 Å². The molecule has 0 saturated carbocycles. The lowest BCUT2D eigenvalue weighted by Gasteiger charge is -2.13. The molecule has 62 heavy (non-hydrogen) atoms. The summed E-state index contributed by atoms with van der Waals surface area (Å²) >= 11 is 0. The van der Waals surface area contributed by atoms with E-state index < -0.39 is 0 Å². The largest absolute Gasteiger partial charge is 0.456 e. The molecule has 0 radical (unpaired) electrons. The maximum absolute atomic E-state index is 6.26. The van der Waals surface area contributed by atoms with Gasteiger partial charge in [-0.3, -0.25) is 4.57 Å². The van der Waals surface area contributed by atoms with E-state index >= 15 is 0 Å². The number of nitrogens with zero attached hydrogens (tertiary/aromatic N) is 4. The fraction of sp³-hybridized carbons (Fsp3) is 0.0351. The summed E-state index contributed by atoms with van der Waals surface area (Å²) in [7, 11) is 0. The van der Waals surface area contributed by atoms with E-state index in [1.54, 1.807) is 0 Å². The van der Waals surface area contributed by atoms with Crippen LogP contribution in [0.2, 0.25) is 0 Å². The van der Waals surface area contributed by atoms with Gasteiger partial charge in [0, 0.05) is 38.2 Å². The molecule has 12 aromatic rings. The van der Waals surface area contributed by atoms with E-state index in [9.17, 15) is 0 Å². The minimum absolute atomic E-state index is 0.548. The molecule has 0 fully saturated rings. The van der Waals surface area contributed by atoms with E-state index in [-0.39, 0.29) is 0 Å². The standard InChI is InChI=1S/C55H34N4O.C2H6/c1-3-12-35(13-4-1)37-22-26-40(27-23-37)53-56-54(41-28-24-38(25-29-41)36-14-5-2-6-15-36)58-55(57-53)59-48-32-30-39-16-7-8-17-43(39)51(48)46-20-11-19-44(52(46)59)42-31-33-50-47(34-42)45-18-9-10-21-49(45)60-50;1-2/h1-34H;1-2H3. The van der Waals surface area contributed by atoms with Crippen LogP contribution in [0.4, 0.5) is 0 Å². The summed E-state index contributed by atoms with van der Waals surface area (Å²) in [6, 6.07) is 72.2. The lowest BCUT2D eigenvalue weighted by Crippen LogP contribution is -2.07. The van der Waals surface area contributed by atoms with E-state index in [0.717, 1.165) is 88.3 Å². The Morgan fingerprint density at radius 1 is 0.371 bits per heavy atom. The van der Waals surface area contributed by atoms with Crippen LogP contribution in [-0.4, -0.2) is 19.5 Å². The van der Waals surface area contributed by atoms with Crippen molar-refractivity contribution in [3.8, 4) is 62.1 Å². The SMILES string of the molecule is CC.c1ccc(-c2ccc(-c3nc(-c4ccc(-c5ccccc5)cc4)nc(-n4c5ccc6ccccc6c5c5cccc(-c6ccc7oc8ccccc8c7c6)c54)n3)cc2)cc1. The maximum Gasteiger partial charge on any atom is 0.238 e. The first-order valence-electron chi connectivity index (χ1n) is 21.2. The predicted molar refractivity (Wildman–Crippen MR) is 257 cm³/mol. The van der Waals surface area contributed by atoms with Crippen LogP contribution < -0.4 is 0 Å². The molecule has 3 heterocycles. The van der Waals surface area contributed by atoms with Gasteiger partial charge in [0.1, 0.15) is 11.2 Å². The first-order chi connectivity index (χ1) is 30.7. The van der Waals surface area contributed by atoms with Crippen molar-refractivity contribution in [1.82, 2.24) is 19.5 Å². The van der Waals surface area contributed by atoms with E-state index in [2.05, 4.69) is 187 Å². The van der Waals surface area contributed by atoms with Crippen LogP contribution in [0.25, 0.3) is 117 Å². The van der Waals surface area contributed by atoms with Gasteiger partial charge in [0.15, 0.2) is 11.6 Å². The summed E-state index contributed by atoms with van der Waals surface area (Å²) in [5.41, 5.74) is 12.3. The van der Waals surface area contributed by atoms with Crippen molar-refractivity contribution in [3.05, 3.63) is 206 Å². The topological polar surface area (TPSA) is 56.7 Å². The van der Waals surface area contributed by atoms with Crippen LogP contribution in [0, 0.1) is 0 Å². The van der Waals surface area contributed by atoms with Gasteiger partial charge in [0.05, 0.1) is 11.0 Å².